The predicted octanol–water partition coefficient (Wildman–Crippen LogP) is 2.30. The lowest BCUT2D eigenvalue weighted by Crippen LogP contribution is -2.32. The Morgan fingerprint density at radius 2 is 1.88 bits per heavy atom. The van der Waals surface area contributed by atoms with Crippen LogP contribution >= 0.6 is 0 Å². The van der Waals surface area contributed by atoms with E-state index in [4.69, 9.17) is 10.8 Å². The van der Waals surface area contributed by atoms with Crippen molar-refractivity contribution in [3.63, 3.8) is 0 Å². The van der Waals surface area contributed by atoms with Crippen molar-refractivity contribution in [3.8, 4) is 0 Å². The van der Waals surface area contributed by atoms with Crippen LogP contribution in [0.5, 0.6) is 0 Å². The number of aliphatic carboxylic acids is 1. The number of carboxylic acid groups (broad SMARTS) is 1. The maximum atomic E-state index is 10.7. The van der Waals surface area contributed by atoms with Crippen LogP contribution in [0.2, 0.25) is 0 Å². The smallest absolute Gasteiger partial charge is 0.320 e. The molecule has 3 N–H and O–H groups in total. The Kier molecular flexibility index (Phi) is 3.79. The maximum Gasteiger partial charge on any atom is 0.320 e. The fourth-order valence-corrected chi connectivity index (χ4v) is 2.53. The molecular weight excluding hydrogens is 214 g/mol. The summed E-state index contributed by atoms with van der Waals surface area (Å²) in [5.41, 5.74) is 7.90. The molecule has 1 aromatic carbocycles. The van der Waals surface area contributed by atoms with Crippen molar-refractivity contribution in [2.24, 2.45) is 5.73 Å². The van der Waals surface area contributed by atoms with E-state index >= 15 is 0 Å². The van der Waals surface area contributed by atoms with Crippen LogP contribution in [0.3, 0.4) is 0 Å². The van der Waals surface area contributed by atoms with E-state index in [1.807, 2.05) is 12.1 Å². The molecule has 17 heavy (non-hydrogen) atoms. The molecule has 0 heterocycles. The van der Waals surface area contributed by atoms with Gasteiger partial charge in [-0.15, -0.1) is 0 Å². The second-order valence-corrected chi connectivity index (χ2v) is 4.87. The highest BCUT2D eigenvalue weighted by atomic mass is 16.4. The number of carboxylic acids is 1. The van der Waals surface area contributed by atoms with Crippen LogP contribution in [0, 0.1) is 0 Å². The van der Waals surface area contributed by atoms with Gasteiger partial charge in [-0.25, -0.2) is 0 Å². The highest BCUT2D eigenvalue weighted by Gasteiger charge is 2.17. The maximum absolute atomic E-state index is 10.7. The third-order valence-electron chi connectivity index (χ3n) is 3.58. The Morgan fingerprint density at radius 3 is 2.41 bits per heavy atom. The lowest BCUT2D eigenvalue weighted by atomic mass is 9.95. The third kappa shape index (κ3) is 3.07. The van der Waals surface area contributed by atoms with Gasteiger partial charge in [-0.3, -0.25) is 4.79 Å². The molecule has 1 aliphatic rings. The van der Waals surface area contributed by atoms with E-state index in [9.17, 15) is 4.79 Å². The second kappa shape index (κ2) is 5.32. The molecular formula is C14H19NO2. The van der Waals surface area contributed by atoms with Crippen molar-refractivity contribution in [3.05, 3.63) is 35.4 Å². The van der Waals surface area contributed by atoms with Crippen molar-refractivity contribution in [2.75, 3.05) is 0 Å². The van der Waals surface area contributed by atoms with Crippen LogP contribution in [0.4, 0.5) is 0 Å². The lowest BCUT2D eigenvalue weighted by molar-refractivity contribution is -0.138. The summed E-state index contributed by atoms with van der Waals surface area (Å²) in [4.78, 5) is 10.7. The van der Waals surface area contributed by atoms with Gasteiger partial charge in [0.05, 0.1) is 0 Å². The van der Waals surface area contributed by atoms with Gasteiger partial charge in [-0.05, 0) is 36.3 Å². The van der Waals surface area contributed by atoms with Crippen LogP contribution in [-0.4, -0.2) is 17.1 Å². The standard InChI is InChI=1S/C14H19NO2/c15-13(14(16)17)9-10-5-7-12(8-6-10)11-3-1-2-4-11/h5-8,11,13H,1-4,9,15H2,(H,16,17). The molecule has 1 fully saturated rings. The van der Waals surface area contributed by atoms with Gasteiger partial charge in [0, 0.05) is 0 Å². The van der Waals surface area contributed by atoms with Crippen LogP contribution in [0.1, 0.15) is 42.7 Å². The molecule has 1 saturated carbocycles. The molecule has 92 valence electrons. The third-order valence-corrected chi connectivity index (χ3v) is 3.58. The first-order valence-electron chi connectivity index (χ1n) is 6.24. The summed E-state index contributed by atoms with van der Waals surface area (Å²) in [6.45, 7) is 0. The van der Waals surface area contributed by atoms with Crippen molar-refractivity contribution in [1.82, 2.24) is 0 Å². The van der Waals surface area contributed by atoms with Gasteiger partial charge in [0.15, 0.2) is 0 Å². The van der Waals surface area contributed by atoms with E-state index < -0.39 is 12.0 Å². The van der Waals surface area contributed by atoms with E-state index in [-0.39, 0.29) is 0 Å². The summed E-state index contributed by atoms with van der Waals surface area (Å²) in [5, 5.41) is 8.75. The molecule has 0 aromatic heterocycles. The van der Waals surface area contributed by atoms with Crippen LogP contribution in [0.15, 0.2) is 24.3 Å². The minimum absolute atomic E-state index is 0.403. The second-order valence-electron chi connectivity index (χ2n) is 4.87. The zero-order chi connectivity index (χ0) is 12.3. The minimum atomic E-state index is -0.940. The summed E-state index contributed by atoms with van der Waals surface area (Å²) in [6.07, 6.45) is 5.63. The van der Waals surface area contributed by atoms with Gasteiger partial charge in [-0.1, -0.05) is 37.1 Å². The highest BCUT2D eigenvalue weighted by molar-refractivity contribution is 5.73. The molecule has 3 heteroatoms. The molecule has 1 unspecified atom stereocenters. The predicted molar refractivity (Wildman–Crippen MR) is 67.0 cm³/mol. The molecule has 1 aromatic rings. The monoisotopic (exact) mass is 233 g/mol. The average Bonchev–Trinajstić information content (AvgIpc) is 2.83. The number of benzene rings is 1. The molecule has 0 amide bonds. The molecule has 0 spiro atoms. The zero-order valence-electron chi connectivity index (χ0n) is 9.93. The summed E-state index contributed by atoms with van der Waals surface area (Å²) >= 11 is 0. The normalized spacial score (nSPS) is 18.2. The van der Waals surface area contributed by atoms with Gasteiger partial charge in [0.1, 0.15) is 6.04 Å². The Bertz CT molecular complexity index is 380. The topological polar surface area (TPSA) is 63.3 Å². The fraction of sp³-hybridized carbons (Fsp3) is 0.500. The van der Waals surface area contributed by atoms with Gasteiger partial charge in [-0.2, -0.15) is 0 Å². The van der Waals surface area contributed by atoms with Crippen molar-refractivity contribution >= 4 is 5.97 Å². The van der Waals surface area contributed by atoms with E-state index in [1.54, 1.807) is 0 Å². The molecule has 0 bridgehead atoms. The van der Waals surface area contributed by atoms with Gasteiger partial charge in [0.2, 0.25) is 0 Å². The Morgan fingerprint density at radius 1 is 1.29 bits per heavy atom. The van der Waals surface area contributed by atoms with E-state index in [0.29, 0.717) is 12.3 Å². The molecule has 3 nitrogen and oxygen atoms in total. The molecule has 2 rings (SSSR count). The van der Waals surface area contributed by atoms with E-state index in [0.717, 1.165) is 5.56 Å². The first-order chi connectivity index (χ1) is 8.16. The summed E-state index contributed by atoms with van der Waals surface area (Å²) in [6, 6.07) is 7.47. The first kappa shape index (κ1) is 12.1. The first-order valence-corrected chi connectivity index (χ1v) is 6.24. The Hall–Kier alpha value is -1.35. The SMILES string of the molecule is NC(Cc1ccc(C2CCCC2)cc1)C(=O)O. The van der Waals surface area contributed by atoms with Crippen LogP contribution in [-0.2, 0) is 11.2 Å². The molecule has 1 atom stereocenters. The van der Waals surface area contributed by atoms with Crippen LogP contribution in [0.25, 0.3) is 0 Å². The van der Waals surface area contributed by atoms with Crippen LogP contribution < -0.4 is 5.73 Å². The van der Waals surface area contributed by atoms with Gasteiger partial charge >= 0.3 is 5.97 Å². The van der Waals surface area contributed by atoms with Crippen molar-refractivity contribution < 1.29 is 9.90 Å². The minimum Gasteiger partial charge on any atom is -0.480 e. The van der Waals surface area contributed by atoms with E-state index in [2.05, 4.69) is 12.1 Å². The summed E-state index contributed by atoms with van der Waals surface area (Å²) in [7, 11) is 0. The quantitative estimate of drug-likeness (QED) is 0.838. The van der Waals surface area contributed by atoms with E-state index in [1.165, 1.54) is 31.2 Å². The molecule has 0 radical (unpaired) electrons. The average molecular weight is 233 g/mol. The number of hydrogen-bond donors (Lipinski definition) is 2. The zero-order valence-corrected chi connectivity index (χ0v) is 9.93. The number of nitrogens with two attached hydrogens (primary N) is 1. The molecule has 0 aliphatic heterocycles. The van der Waals surface area contributed by atoms with Crippen molar-refractivity contribution in [1.29, 1.82) is 0 Å². The Labute approximate surface area is 102 Å². The fourth-order valence-electron chi connectivity index (χ4n) is 2.53. The van der Waals surface area contributed by atoms with Gasteiger partial charge in [0.25, 0.3) is 0 Å². The number of carbonyl (C=O) groups is 1. The summed E-state index contributed by atoms with van der Waals surface area (Å²) < 4.78 is 0. The Balaban J connectivity index is 2.00. The largest absolute Gasteiger partial charge is 0.480 e. The molecule has 1 aliphatic carbocycles. The summed E-state index contributed by atoms with van der Waals surface area (Å²) in [5.74, 6) is -0.234. The number of hydrogen-bond acceptors (Lipinski definition) is 2. The number of rotatable bonds is 4. The molecule has 0 saturated heterocycles. The van der Waals surface area contributed by atoms with Gasteiger partial charge < -0.3 is 10.8 Å². The van der Waals surface area contributed by atoms with Crippen molar-refractivity contribution in [2.45, 2.75) is 44.1 Å². The lowest BCUT2D eigenvalue weighted by Gasteiger charge is -2.11. The highest BCUT2D eigenvalue weighted by Crippen LogP contribution is 2.33.